The summed E-state index contributed by atoms with van der Waals surface area (Å²) < 4.78 is 6.42. The Kier molecular flexibility index (Phi) is 6.12. The molecule has 0 bridgehead atoms. The summed E-state index contributed by atoms with van der Waals surface area (Å²) in [4.78, 5) is 27.7. The first kappa shape index (κ1) is 19.9. The average Bonchev–Trinajstić information content (AvgIpc) is 3.38. The molecule has 0 spiro atoms. The number of benzene rings is 1. The zero-order valence-electron chi connectivity index (χ0n) is 15.5. The van der Waals surface area contributed by atoms with E-state index in [1.54, 1.807) is 34.9 Å². The van der Waals surface area contributed by atoms with E-state index >= 15 is 0 Å². The zero-order chi connectivity index (χ0) is 20.2. The maximum atomic E-state index is 12.5. The Morgan fingerprint density at radius 3 is 2.97 bits per heavy atom. The first-order valence-electron chi connectivity index (χ1n) is 8.96. The van der Waals surface area contributed by atoms with E-state index in [1.807, 2.05) is 35.7 Å². The van der Waals surface area contributed by atoms with Gasteiger partial charge in [0.15, 0.2) is 10.4 Å². The lowest BCUT2D eigenvalue weighted by Gasteiger charge is -2.32. The highest BCUT2D eigenvalue weighted by molar-refractivity contribution is 8.00. The number of carbonyl (C=O) groups is 2. The molecule has 0 saturated carbocycles. The van der Waals surface area contributed by atoms with Crippen molar-refractivity contribution in [3.8, 4) is 5.75 Å². The molecule has 0 aliphatic carbocycles. The van der Waals surface area contributed by atoms with Gasteiger partial charge in [0, 0.05) is 23.6 Å². The van der Waals surface area contributed by atoms with Crippen LogP contribution in [-0.4, -0.2) is 34.7 Å². The molecule has 2 amide bonds. The molecule has 7 nitrogen and oxygen atoms in total. The highest BCUT2D eigenvalue weighted by atomic mass is 32.2. The zero-order valence-corrected chi connectivity index (χ0v) is 18.0. The quantitative estimate of drug-likeness (QED) is 0.436. The summed E-state index contributed by atoms with van der Waals surface area (Å²) in [6, 6.07) is 11.4. The number of rotatable bonds is 7. The minimum atomic E-state index is -0.570. The third-order valence-electron chi connectivity index (χ3n) is 4.21. The van der Waals surface area contributed by atoms with Gasteiger partial charge >= 0.3 is 0 Å². The summed E-state index contributed by atoms with van der Waals surface area (Å²) in [5.74, 6) is 1.12. The summed E-state index contributed by atoms with van der Waals surface area (Å²) in [6.45, 7) is 1.98. The SMILES string of the molecule is CC1Oc2ccccc2N(CCC(=O)Nc2nnc(SCc3cccs3)s2)C1=O. The summed E-state index contributed by atoms with van der Waals surface area (Å²) in [7, 11) is 0. The number of thiophene rings is 1. The third kappa shape index (κ3) is 4.77. The van der Waals surface area contributed by atoms with Gasteiger partial charge in [-0.2, -0.15) is 0 Å². The number of nitrogens with zero attached hydrogens (tertiary/aromatic N) is 3. The van der Waals surface area contributed by atoms with Crippen LogP contribution < -0.4 is 15.0 Å². The van der Waals surface area contributed by atoms with Gasteiger partial charge in [0.1, 0.15) is 5.75 Å². The molecule has 2 aromatic heterocycles. The van der Waals surface area contributed by atoms with Crippen molar-refractivity contribution in [1.82, 2.24) is 10.2 Å². The molecule has 1 aromatic carbocycles. The molecule has 150 valence electrons. The van der Waals surface area contributed by atoms with Crippen molar-refractivity contribution in [1.29, 1.82) is 0 Å². The van der Waals surface area contributed by atoms with Gasteiger partial charge in [0.05, 0.1) is 5.69 Å². The maximum absolute atomic E-state index is 12.5. The minimum Gasteiger partial charge on any atom is -0.479 e. The fourth-order valence-electron chi connectivity index (χ4n) is 2.83. The van der Waals surface area contributed by atoms with Crippen LogP contribution in [0.25, 0.3) is 0 Å². The molecule has 0 fully saturated rings. The first-order chi connectivity index (χ1) is 14.1. The Morgan fingerprint density at radius 2 is 2.14 bits per heavy atom. The van der Waals surface area contributed by atoms with Crippen LogP contribution in [0.15, 0.2) is 46.1 Å². The smallest absolute Gasteiger partial charge is 0.267 e. The molecule has 10 heteroatoms. The predicted molar refractivity (Wildman–Crippen MR) is 116 cm³/mol. The van der Waals surface area contributed by atoms with Crippen molar-refractivity contribution in [2.24, 2.45) is 0 Å². The fourth-order valence-corrected chi connectivity index (χ4v) is 5.37. The maximum Gasteiger partial charge on any atom is 0.267 e. The van der Waals surface area contributed by atoms with E-state index in [-0.39, 0.29) is 24.8 Å². The van der Waals surface area contributed by atoms with E-state index in [0.29, 0.717) is 16.6 Å². The first-order valence-corrected chi connectivity index (χ1v) is 11.6. The van der Waals surface area contributed by atoms with Crippen molar-refractivity contribution in [2.45, 2.75) is 29.5 Å². The molecule has 4 rings (SSSR count). The van der Waals surface area contributed by atoms with Crippen LogP contribution in [0, 0.1) is 0 Å². The molecule has 1 N–H and O–H groups in total. The summed E-state index contributed by atoms with van der Waals surface area (Å²) >= 11 is 4.64. The number of carbonyl (C=O) groups excluding carboxylic acids is 2. The van der Waals surface area contributed by atoms with Crippen LogP contribution in [0.3, 0.4) is 0 Å². The molecule has 1 aliphatic heterocycles. The number of hydrogen-bond acceptors (Lipinski definition) is 8. The van der Waals surface area contributed by atoms with E-state index < -0.39 is 6.10 Å². The van der Waals surface area contributed by atoms with Gasteiger partial charge in [-0.1, -0.05) is 41.3 Å². The molecule has 3 aromatic rings. The van der Waals surface area contributed by atoms with Crippen molar-refractivity contribution >= 4 is 57.1 Å². The second-order valence-corrected chi connectivity index (χ2v) is 9.49. The van der Waals surface area contributed by atoms with E-state index in [4.69, 9.17) is 4.74 Å². The van der Waals surface area contributed by atoms with Gasteiger partial charge in [-0.05, 0) is 30.5 Å². The second-order valence-electron chi connectivity index (χ2n) is 6.26. The molecular weight excluding hydrogens is 428 g/mol. The Bertz CT molecular complexity index is 1010. The molecule has 0 saturated heterocycles. The Labute approximate surface area is 180 Å². The van der Waals surface area contributed by atoms with Crippen LogP contribution >= 0.6 is 34.4 Å². The van der Waals surface area contributed by atoms with Gasteiger partial charge in [-0.3, -0.25) is 9.59 Å². The number of anilines is 2. The van der Waals surface area contributed by atoms with E-state index in [9.17, 15) is 9.59 Å². The summed E-state index contributed by atoms with van der Waals surface area (Å²) in [6.07, 6.45) is -0.414. The van der Waals surface area contributed by atoms with E-state index in [2.05, 4.69) is 21.6 Å². The lowest BCUT2D eigenvalue weighted by Crippen LogP contribution is -2.45. The van der Waals surface area contributed by atoms with Gasteiger partial charge in [0.2, 0.25) is 11.0 Å². The number of fused-ring (bicyclic) bond motifs is 1. The minimum absolute atomic E-state index is 0.153. The number of thioether (sulfide) groups is 1. The van der Waals surface area contributed by atoms with Crippen LogP contribution in [-0.2, 0) is 15.3 Å². The largest absolute Gasteiger partial charge is 0.479 e. The summed E-state index contributed by atoms with van der Waals surface area (Å²) in [5.41, 5.74) is 0.687. The molecule has 29 heavy (non-hydrogen) atoms. The number of para-hydroxylation sites is 2. The van der Waals surface area contributed by atoms with Gasteiger partial charge in [0.25, 0.3) is 5.91 Å². The van der Waals surface area contributed by atoms with Crippen molar-refractivity contribution in [3.05, 3.63) is 46.7 Å². The van der Waals surface area contributed by atoms with Crippen molar-refractivity contribution in [2.75, 3.05) is 16.8 Å². The Hall–Kier alpha value is -2.43. The van der Waals surface area contributed by atoms with Crippen molar-refractivity contribution < 1.29 is 14.3 Å². The molecule has 1 atom stereocenters. The highest BCUT2D eigenvalue weighted by Crippen LogP contribution is 2.34. The number of amides is 2. The lowest BCUT2D eigenvalue weighted by molar-refractivity contribution is -0.125. The van der Waals surface area contributed by atoms with Crippen LogP contribution in [0.2, 0.25) is 0 Å². The lowest BCUT2D eigenvalue weighted by atomic mass is 10.1. The van der Waals surface area contributed by atoms with E-state index in [0.717, 1.165) is 10.1 Å². The second kappa shape index (κ2) is 8.93. The van der Waals surface area contributed by atoms with Gasteiger partial charge in [-0.25, -0.2) is 0 Å². The molecule has 1 unspecified atom stereocenters. The number of hydrogen-bond donors (Lipinski definition) is 1. The standard InChI is InChI=1S/C19H18N4O3S3/c1-12-17(25)23(14-6-2-3-7-15(14)26-12)9-8-16(24)20-18-21-22-19(29-18)28-11-13-5-4-10-27-13/h2-7,10,12H,8-9,11H2,1H3,(H,20,21,24). The Balaban J connectivity index is 1.32. The highest BCUT2D eigenvalue weighted by Gasteiger charge is 2.31. The van der Waals surface area contributed by atoms with Crippen molar-refractivity contribution in [3.63, 3.8) is 0 Å². The third-order valence-corrected chi connectivity index (χ3v) is 7.29. The van der Waals surface area contributed by atoms with Crippen LogP contribution in [0.1, 0.15) is 18.2 Å². The normalized spacial score (nSPS) is 15.7. The number of aromatic nitrogens is 2. The van der Waals surface area contributed by atoms with Gasteiger partial charge in [-0.15, -0.1) is 21.5 Å². The van der Waals surface area contributed by atoms with Crippen LogP contribution in [0.5, 0.6) is 5.75 Å². The molecule has 3 heterocycles. The molecular formula is C19H18N4O3S3. The number of ether oxygens (including phenoxy) is 1. The summed E-state index contributed by atoms with van der Waals surface area (Å²) in [5, 5.41) is 13.4. The molecule has 0 radical (unpaired) electrons. The van der Waals surface area contributed by atoms with Gasteiger partial charge < -0.3 is 15.0 Å². The number of nitrogens with one attached hydrogen (secondary N) is 1. The monoisotopic (exact) mass is 446 g/mol. The Morgan fingerprint density at radius 1 is 1.28 bits per heavy atom. The topological polar surface area (TPSA) is 84.4 Å². The predicted octanol–water partition coefficient (Wildman–Crippen LogP) is 4.03. The van der Waals surface area contributed by atoms with E-state index in [1.165, 1.54) is 16.2 Å². The fraction of sp³-hybridized carbons (Fsp3) is 0.263. The van der Waals surface area contributed by atoms with Crippen LogP contribution in [0.4, 0.5) is 10.8 Å². The molecule has 1 aliphatic rings. The average molecular weight is 447 g/mol.